The molecule has 1 aliphatic carbocycles. The summed E-state index contributed by atoms with van der Waals surface area (Å²) in [6, 6.07) is -1.03. The number of hydroxylamine groups is 2. The quantitative estimate of drug-likeness (QED) is 0.808. The van der Waals surface area contributed by atoms with Gasteiger partial charge in [0.15, 0.2) is 0 Å². The molecule has 0 aromatic rings. The lowest BCUT2D eigenvalue weighted by atomic mass is 9.73. The summed E-state index contributed by atoms with van der Waals surface area (Å²) in [4.78, 5) is 31.6. The van der Waals surface area contributed by atoms with E-state index in [1.54, 1.807) is 6.08 Å². The van der Waals surface area contributed by atoms with Crippen molar-refractivity contribution >= 4 is 12.0 Å². The summed E-state index contributed by atoms with van der Waals surface area (Å²) in [6.07, 6.45) is 9.21. The molecular formula is C17H26N2O4. The maximum absolute atomic E-state index is 12.6. The first kappa shape index (κ1) is 16.3. The van der Waals surface area contributed by atoms with Gasteiger partial charge in [-0.3, -0.25) is 4.84 Å². The van der Waals surface area contributed by atoms with Crippen LogP contribution < -0.4 is 0 Å². The van der Waals surface area contributed by atoms with Gasteiger partial charge in [-0.1, -0.05) is 38.2 Å². The van der Waals surface area contributed by atoms with E-state index in [-0.39, 0.29) is 30.5 Å². The molecule has 2 aliphatic heterocycles. The molecule has 2 amide bonds. The molecule has 3 rings (SSSR count). The molecule has 1 saturated carbocycles. The van der Waals surface area contributed by atoms with Crippen molar-refractivity contribution in [2.75, 3.05) is 13.2 Å². The van der Waals surface area contributed by atoms with Crippen LogP contribution in [0.1, 0.15) is 44.9 Å². The summed E-state index contributed by atoms with van der Waals surface area (Å²) >= 11 is 0. The third-order valence-electron chi connectivity index (χ3n) is 5.56. The normalized spacial score (nSPS) is 34.3. The van der Waals surface area contributed by atoms with E-state index >= 15 is 0 Å². The predicted octanol–water partition coefficient (Wildman–Crippen LogP) is 2.65. The number of carbonyl (C=O) groups is 2. The molecule has 6 heteroatoms. The molecule has 2 heterocycles. The lowest BCUT2D eigenvalue weighted by molar-refractivity contribution is -0.149. The van der Waals surface area contributed by atoms with E-state index in [4.69, 9.17) is 4.84 Å². The Morgan fingerprint density at radius 2 is 1.87 bits per heavy atom. The van der Waals surface area contributed by atoms with Gasteiger partial charge in [0.1, 0.15) is 6.04 Å². The zero-order valence-electron chi connectivity index (χ0n) is 13.5. The molecular weight excluding hydrogens is 296 g/mol. The Labute approximate surface area is 137 Å². The van der Waals surface area contributed by atoms with Crippen molar-refractivity contribution in [3.05, 3.63) is 12.7 Å². The summed E-state index contributed by atoms with van der Waals surface area (Å²) in [7, 11) is 0. The highest BCUT2D eigenvalue weighted by atomic mass is 16.7. The van der Waals surface area contributed by atoms with Crippen molar-refractivity contribution in [3.63, 3.8) is 0 Å². The topological polar surface area (TPSA) is 70.1 Å². The number of carboxylic acid groups (broad SMARTS) is 1. The molecule has 2 bridgehead atoms. The van der Waals surface area contributed by atoms with Gasteiger partial charge in [0.05, 0.1) is 12.6 Å². The molecule has 0 aromatic carbocycles. The minimum absolute atomic E-state index is 0.0267. The third-order valence-corrected chi connectivity index (χ3v) is 5.56. The average Bonchev–Trinajstić information content (AvgIpc) is 2.86. The first-order chi connectivity index (χ1) is 11.1. The fourth-order valence-electron chi connectivity index (χ4n) is 4.58. The lowest BCUT2D eigenvalue weighted by Gasteiger charge is -2.41. The molecule has 0 aromatic heterocycles. The highest BCUT2D eigenvalue weighted by Crippen LogP contribution is 2.43. The van der Waals surface area contributed by atoms with Crippen LogP contribution >= 0.6 is 0 Å². The van der Waals surface area contributed by atoms with E-state index in [0.29, 0.717) is 6.54 Å². The van der Waals surface area contributed by atoms with Crippen LogP contribution in [0, 0.1) is 11.8 Å². The minimum atomic E-state index is -0.878. The van der Waals surface area contributed by atoms with E-state index in [2.05, 4.69) is 6.58 Å². The number of urea groups is 1. The molecule has 1 N–H and O–H groups in total. The second-order valence-electron chi connectivity index (χ2n) is 6.87. The van der Waals surface area contributed by atoms with Crippen LogP contribution in [0.3, 0.4) is 0 Å². The van der Waals surface area contributed by atoms with Crippen molar-refractivity contribution in [2.45, 2.75) is 57.0 Å². The maximum atomic E-state index is 12.6. The summed E-state index contributed by atoms with van der Waals surface area (Å²) in [5.74, 6) is -0.635. The molecule has 2 saturated heterocycles. The van der Waals surface area contributed by atoms with Crippen LogP contribution in [0.4, 0.5) is 4.79 Å². The van der Waals surface area contributed by atoms with E-state index < -0.39 is 12.0 Å². The summed E-state index contributed by atoms with van der Waals surface area (Å²) < 4.78 is 0. The van der Waals surface area contributed by atoms with Gasteiger partial charge < -0.3 is 10.0 Å². The van der Waals surface area contributed by atoms with Crippen molar-refractivity contribution in [2.24, 2.45) is 11.8 Å². The van der Waals surface area contributed by atoms with E-state index in [9.17, 15) is 14.7 Å². The summed E-state index contributed by atoms with van der Waals surface area (Å²) in [5.41, 5.74) is 0. The number of hydrogen-bond acceptors (Lipinski definition) is 3. The van der Waals surface area contributed by atoms with Crippen LogP contribution in [0.15, 0.2) is 12.7 Å². The lowest BCUT2D eigenvalue weighted by Crippen LogP contribution is -2.54. The zero-order chi connectivity index (χ0) is 16.4. The first-order valence-corrected chi connectivity index (χ1v) is 8.71. The second kappa shape index (κ2) is 6.91. The number of amides is 2. The molecule has 6 nitrogen and oxygen atoms in total. The SMILES string of the molecule is C=CCON1C(=O)N2CC1C1CCCCCCCC1[C@H]2C(=O)O. The minimum Gasteiger partial charge on any atom is -0.480 e. The summed E-state index contributed by atoms with van der Waals surface area (Å²) in [5, 5.41) is 11.2. The number of carboxylic acids is 1. The van der Waals surface area contributed by atoms with Crippen LogP contribution in [0.2, 0.25) is 0 Å². The van der Waals surface area contributed by atoms with E-state index in [1.807, 2.05) is 0 Å². The monoisotopic (exact) mass is 322 g/mol. The van der Waals surface area contributed by atoms with E-state index in [0.717, 1.165) is 32.1 Å². The predicted molar refractivity (Wildman–Crippen MR) is 84.6 cm³/mol. The van der Waals surface area contributed by atoms with Gasteiger partial charge in [0, 0.05) is 6.54 Å². The largest absolute Gasteiger partial charge is 0.480 e. The Morgan fingerprint density at radius 1 is 1.22 bits per heavy atom. The van der Waals surface area contributed by atoms with Gasteiger partial charge in [-0.2, -0.15) is 5.06 Å². The van der Waals surface area contributed by atoms with Crippen molar-refractivity contribution in [1.82, 2.24) is 9.96 Å². The van der Waals surface area contributed by atoms with Crippen LogP contribution in [-0.4, -0.2) is 52.3 Å². The number of hydrogen-bond donors (Lipinski definition) is 1. The van der Waals surface area contributed by atoms with Gasteiger partial charge in [-0.15, -0.1) is 6.58 Å². The molecule has 23 heavy (non-hydrogen) atoms. The number of fused-ring (bicyclic) bond motifs is 4. The maximum Gasteiger partial charge on any atom is 0.345 e. The third kappa shape index (κ3) is 2.96. The number of piperidine rings is 1. The van der Waals surface area contributed by atoms with Crippen LogP contribution in [0.5, 0.6) is 0 Å². The van der Waals surface area contributed by atoms with Gasteiger partial charge in [0.2, 0.25) is 0 Å². The van der Waals surface area contributed by atoms with Crippen molar-refractivity contribution < 1.29 is 19.5 Å². The van der Waals surface area contributed by atoms with Gasteiger partial charge in [-0.25, -0.2) is 9.59 Å². The first-order valence-electron chi connectivity index (χ1n) is 8.71. The Morgan fingerprint density at radius 3 is 2.52 bits per heavy atom. The molecule has 0 radical (unpaired) electrons. The molecule has 3 fully saturated rings. The molecule has 4 atom stereocenters. The Hall–Kier alpha value is -1.56. The molecule has 3 unspecified atom stereocenters. The number of aliphatic carboxylic acids is 1. The zero-order valence-corrected chi connectivity index (χ0v) is 13.5. The summed E-state index contributed by atoms with van der Waals surface area (Å²) in [6.45, 7) is 4.36. The smallest absolute Gasteiger partial charge is 0.345 e. The van der Waals surface area contributed by atoms with Gasteiger partial charge in [0.25, 0.3) is 0 Å². The molecule has 128 valence electrons. The Bertz CT molecular complexity index is 481. The number of nitrogens with zero attached hydrogens (tertiary/aromatic N) is 2. The molecule has 0 spiro atoms. The number of rotatable bonds is 4. The standard InChI is InChI=1S/C17H26N2O4/c1-2-10-23-19-14-11-18(17(19)22)15(16(20)21)13-9-7-5-3-4-6-8-12(13)14/h2,12-15H,1,3-11H2,(H,20,21)/t12?,13?,14?,15-/m0/s1. The highest BCUT2D eigenvalue weighted by Gasteiger charge is 2.56. The Kier molecular flexibility index (Phi) is 4.90. The van der Waals surface area contributed by atoms with Crippen molar-refractivity contribution in [3.8, 4) is 0 Å². The van der Waals surface area contributed by atoms with Gasteiger partial charge >= 0.3 is 12.0 Å². The highest BCUT2D eigenvalue weighted by molar-refractivity contribution is 5.85. The average molecular weight is 322 g/mol. The molecule has 3 aliphatic rings. The number of carbonyl (C=O) groups excluding carboxylic acids is 1. The van der Waals surface area contributed by atoms with Gasteiger partial charge in [-0.05, 0) is 24.7 Å². The second-order valence-corrected chi connectivity index (χ2v) is 6.87. The van der Waals surface area contributed by atoms with Crippen LogP contribution in [-0.2, 0) is 9.63 Å². The fraction of sp³-hybridized carbons (Fsp3) is 0.765. The van der Waals surface area contributed by atoms with Crippen molar-refractivity contribution in [1.29, 1.82) is 0 Å². The van der Waals surface area contributed by atoms with E-state index in [1.165, 1.54) is 22.8 Å². The Balaban J connectivity index is 1.90. The van der Waals surface area contributed by atoms with Crippen LogP contribution in [0.25, 0.3) is 0 Å². The fourth-order valence-corrected chi connectivity index (χ4v) is 4.58.